The summed E-state index contributed by atoms with van der Waals surface area (Å²) in [6, 6.07) is 11.4. The molecular formula is C19H23N3O2. The Morgan fingerprint density at radius 3 is 2.96 bits per heavy atom. The lowest BCUT2D eigenvalue weighted by molar-refractivity contribution is -0.117. The monoisotopic (exact) mass is 325 g/mol. The van der Waals surface area contributed by atoms with Crippen molar-refractivity contribution < 1.29 is 9.53 Å². The Balaban J connectivity index is 1.53. The Bertz CT molecular complexity index is 675. The molecule has 5 nitrogen and oxygen atoms in total. The maximum atomic E-state index is 12.2. The van der Waals surface area contributed by atoms with Crippen LogP contribution in [0.3, 0.4) is 0 Å². The van der Waals surface area contributed by atoms with Gasteiger partial charge in [0.15, 0.2) is 0 Å². The first kappa shape index (κ1) is 16.5. The second kappa shape index (κ2) is 7.93. The van der Waals surface area contributed by atoms with Crippen molar-refractivity contribution in [2.24, 2.45) is 11.7 Å². The Morgan fingerprint density at radius 2 is 2.21 bits per heavy atom. The van der Waals surface area contributed by atoms with E-state index in [1.165, 1.54) is 0 Å². The van der Waals surface area contributed by atoms with Crippen molar-refractivity contribution in [3.8, 4) is 5.75 Å². The third kappa shape index (κ3) is 4.55. The van der Waals surface area contributed by atoms with Crippen LogP contribution in [-0.2, 0) is 11.4 Å². The first-order chi connectivity index (χ1) is 11.7. The second-order valence-corrected chi connectivity index (χ2v) is 6.28. The van der Waals surface area contributed by atoms with E-state index in [0.29, 0.717) is 24.7 Å². The highest BCUT2D eigenvalue weighted by atomic mass is 16.5. The fraction of sp³-hybridized carbons (Fsp3) is 0.368. The third-order valence-electron chi connectivity index (χ3n) is 4.41. The molecule has 5 heteroatoms. The summed E-state index contributed by atoms with van der Waals surface area (Å²) in [5, 5.41) is 2.94. The molecule has 1 amide bonds. The number of hydrogen-bond donors (Lipinski definition) is 2. The predicted molar refractivity (Wildman–Crippen MR) is 93.6 cm³/mol. The van der Waals surface area contributed by atoms with Gasteiger partial charge in [-0.25, -0.2) is 0 Å². The van der Waals surface area contributed by atoms with Crippen LogP contribution in [0.4, 0.5) is 5.69 Å². The Labute approximate surface area is 142 Å². The van der Waals surface area contributed by atoms with Gasteiger partial charge in [0, 0.05) is 42.2 Å². The van der Waals surface area contributed by atoms with Crippen molar-refractivity contribution in [1.82, 2.24) is 4.98 Å². The summed E-state index contributed by atoms with van der Waals surface area (Å²) in [6.07, 6.45) is 7.18. The van der Waals surface area contributed by atoms with Crippen LogP contribution in [0.2, 0.25) is 0 Å². The van der Waals surface area contributed by atoms with E-state index in [4.69, 9.17) is 10.5 Å². The molecule has 126 valence electrons. The van der Waals surface area contributed by atoms with Crippen LogP contribution in [0, 0.1) is 5.92 Å². The van der Waals surface area contributed by atoms with Crippen LogP contribution >= 0.6 is 0 Å². The molecule has 1 aromatic carbocycles. The third-order valence-corrected chi connectivity index (χ3v) is 4.41. The standard InChI is InChI=1S/C19H23N3O2/c20-18-8-1-5-15(18)10-19(23)22-16-6-2-7-17(11-16)24-13-14-4-3-9-21-12-14/h2-4,6-7,9,11-12,15,18H,1,5,8,10,13,20H2,(H,22,23)/t15-,18+/m0/s1. The van der Waals surface area contributed by atoms with Crippen molar-refractivity contribution in [2.75, 3.05) is 5.32 Å². The molecule has 1 aliphatic rings. The molecule has 1 saturated carbocycles. The predicted octanol–water partition coefficient (Wildman–Crippen LogP) is 3.12. The zero-order valence-electron chi connectivity index (χ0n) is 13.7. The lowest BCUT2D eigenvalue weighted by Crippen LogP contribution is -2.28. The first-order valence-electron chi connectivity index (χ1n) is 8.38. The minimum Gasteiger partial charge on any atom is -0.489 e. The van der Waals surface area contributed by atoms with Crippen molar-refractivity contribution in [3.05, 3.63) is 54.4 Å². The number of nitrogens with zero attached hydrogens (tertiary/aromatic N) is 1. The van der Waals surface area contributed by atoms with E-state index in [9.17, 15) is 4.79 Å². The first-order valence-corrected chi connectivity index (χ1v) is 8.38. The van der Waals surface area contributed by atoms with Crippen molar-refractivity contribution >= 4 is 11.6 Å². The molecule has 2 atom stereocenters. The smallest absolute Gasteiger partial charge is 0.224 e. The topological polar surface area (TPSA) is 77.2 Å². The summed E-state index contributed by atoms with van der Waals surface area (Å²) in [6.45, 7) is 0.447. The van der Waals surface area contributed by atoms with Crippen molar-refractivity contribution in [1.29, 1.82) is 0 Å². The summed E-state index contributed by atoms with van der Waals surface area (Å²) in [5.74, 6) is 1.03. The highest BCUT2D eigenvalue weighted by Crippen LogP contribution is 2.27. The Morgan fingerprint density at radius 1 is 1.29 bits per heavy atom. The zero-order valence-corrected chi connectivity index (χ0v) is 13.7. The number of aromatic nitrogens is 1. The minimum atomic E-state index is 0.0155. The summed E-state index contributed by atoms with van der Waals surface area (Å²) in [7, 11) is 0. The van der Waals surface area contributed by atoms with Gasteiger partial charge in [0.2, 0.25) is 5.91 Å². The van der Waals surface area contributed by atoms with Crippen LogP contribution in [0.15, 0.2) is 48.8 Å². The molecule has 0 aliphatic heterocycles. The molecule has 0 saturated heterocycles. The highest BCUT2D eigenvalue weighted by Gasteiger charge is 2.25. The van der Waals surface area contributed by atoms with Crippen molar-refractivity contribution in [2.45, 2.75) is 38.3 Å². The van der Waals surface area contributed by atoms with Gasteiger partial charge in [0.1, 0.15) is 12.4 Å². The lowest BCUT2D eigenvalue weighted by Gasteiger charge is -2.15. The summed E-state index contributed by atoms with van der Waals surface area (Å²) in [4.78, 5) is 16.3. The van der Waals surface area contributed by atoms with Gasteiger partial charge in [-0.1, -0.05) is 18.6 Å². The second-order valence-electron chi connectivity index (χ2n) is 6.28. The van der Waals surface area contributed by atoms with E-state index >= 15 is 0 Å². The number of amides is 1. The zero-order chi connectivity index (χ0) is 16.8. The minimum absolute atomic E-state index is 0.0155. The van der Waals surface area contributed by atoms with Crippen LogP contribution in [0.5, 0.6) is 5.75 Å². The molecule has 0 radical (unpaired) electrons. The fourth-order valence-corrected chi connectivity index (χ4v) is 3.08. The van der Waals surface area contributed by atoms with E-state index in [-0.39, 0.29) is 11.9 Å². The average molecular weight is 325 g/mol. The quantitative estimate of drug-likeness (QED) is 0.855. The van der Waals surface area contributed by atoms with E-state index in [1.54, 1.807) is 12.4 Å². The van der Waals surface area contributed by atoms with Gasteiger partial charge in [0.25, 0.3) is 0 Å². The summed E-state index contributed by atoms with van der Waals surface area (Å²) in [5.41, 5.74) is 7.78. The molecule has 1 heterocycles. The van der Waals surface area contributed by atoms with E-state index < -0.39 is 0 Å². The maximum Gasteiger partial charge on any atom is 0.224 e. The van der Waals surface area contributed by atoms with Crippen LogP contribution in [0.25, 0.3) is 0 Å². The molecule has 0 spiro atoms. The molecule has 1 fully saturated rings. The molecule has 0 bridgehead atoms. The molecule has 2 aromatic rings. The number of rotatable bonds is 6. The van der Waals surface area contributed by atoms with Crippen molar-refractivity contribution in [3.63, 3.8) is 0 Å². The van der Waals surface area contributed by atoms with E-state index in [0.717, 1.165) is 30.5 Å². The molecular weight excluding hydrogens is 302 g/mol. The molecule has 1 aromatic heterocycles. The van der Waals surface area contributed by atoms with Crippen LogP contribution < -0.4 is 15.8 Å². The maximum absolute atomic E-state index is 12.2. The number of pyridine rings is 1. The summed E-state index contributed by atoms with van der Waals surface area (Å²) < 4.78 is 5.75. The van der Waals surface area contributed by atoms with Gasteiger partial charge < -0.3 is 15.8 Å². The van der Waals surface area contributed by atoms with Gasteiger partial charge in [-0.2, -0.15) is 0 Å². The molecule has 1 aliphatic carbocycles. The summed E-state index contributed by atoms with van der Waals surface area (Å²) >= 11 is 0. The van der Waals surface area contributed by atoms with Gasteiger partial charge in [0.05, 0.1) is 0 Å². The molecule has 0 unspecified atom stereocenters. The van der Waals surface area contributed by atoms with Crippen LogP contribution in [-0.4, -0.2) is 16.9 Å². The number of anilines is 1. The van der Waals surface area contributed by atoms with E-state index in [2.05, 4.69) is 10.3 Å². The molecule has 24 heavy (non-hydrogen) atoms. The number of nitrogens with one attached hydrogen (secondary N) is 1. The fourth-order valence-electron chi connectivity index (χ4n) is 3.08. The largest absolute Gasteiger partial charge is 0.489 e. The number of ether oxygens (including phenoxy) is 1. The van der Waals surface area contributed by atoms with Gasteiger partial charge in [-0.3, -0.25) is 9.78 Å². The number of carbonyl (C=O) groups excluding carboxylic acids is 1. The Kier molecular flexibility index (Phi) is 5.43. The normalized spacial score (nSPS) is 19.9. The molecule has 3 rings (SSSR count). The molecule has 3 N–H and O–H groups in total. The number of benzene rings is 1. The van der Waals surface area contributed by atoms with Gasteiger partial charge >= 0.3 is 0 Å². The number of carbonyl (C=O) groups is 1. The lowest BCUT2D eigenvalue weighted by atomic mass is 10.00. The van der Waals surface area contributed by atoms with Gasteiger partial charge in [-0.15, -0.1) is 0 Å². The van der Waals surface area contributed by atoms with Crippen LogP contribution in [0.1, 0.15) is 31.2 Å². The highest BCUT2D eigenvalue weighted by molar-refractivity contribution is 5.91. The van der Waals surface area contributed by atoms with E-state index in [1.807, 2.05) is 36.4 Å². The number of hydrogen-bond acceptors (Lipinski definition) is 4. The SMILES string of the molecule is N[C@@H]1CCC[C@H]1CC(=O)Nc1cccc(OCc2cccnc2)c1. The number of nitrogens with two attached hydrogens (primary N) is 1. The average Bonchev–Trinajstić information content (AvgIpc) is 2.99. The Hall–Kier alpha value is -2.40. The van der Waals surface area contributed by atoms with Gasteiger partial charge in [-0.05, 0) is 37.0 Å².